The van der Waals surface area contributed by atoms with Gasteiger partial charge in [-0.05, 0) is 62.5 Å². The Morgan fingerprint density at radius 2 is 2.00 bits per heavy atom. The van der Waals surface area contributed by atoms with Crippen LogP contribution in [0, 0.1) is 11.3 Å². The van der Waals surface area contributed by atoms with Gasteiger partial charge in [0.1, 0.15) is 0 Å². The lowest BCUT2D eigenvalue weighted by molar-refractivity contribution is 0.566. The highest BCUT2D eigenvalue weighted by Crippen LogP contribution is 2.20. The van der Waals surface area contributed by atoms with E-state index >= 15 is 0 Å². The Labute approximate surface area is 135 Å². The number of benzene rings is 1. The molecule has 1 heterocycles. The molecule has 1 unspecified atom stereocenters. The number of halogens is 2. The van der Waals surface area contributed by atoms with E-state index in [1.165, 1.54) is 0 Å². The van der Waals surface area contributed by atoms with Crippen molar-refractivity contribution in [3.63, 3.8) is 0 Å². The first-order valence-corrected chi connectivity index (χ1v) is 7.72. The highest BCUT2D eigenvalue weighted by Gasteiger charge is 2.07. The molecule has 1 aromatic heterocycles. The van der Waals surface area contributed by atoms with E-state index in [9.17, 15) is 0 Å². The van der Waals surface area contributed by atoms with Gasteiger partial charge < -0.3 is 5.32 Å². The van der Waals surface area contributed by atoms with Crippen LogP contribution in [0.4, 0.5) is 0 Å². The standard InChI is InChI=1S/C15H13Br2N3/c1-10(12-4-2-11(7-18)3-5-12)19-9-15-14(17)6-13(16)8-20-15/h2-6,8,10,19H,9H2,1H3. The van der Waals surface area contributed by atoms with E-state index in [-0.39, 0.29) is 6.04 Å². The van der Waals surface area contributed by atoms with Crippen LogP contribution in [-0.4, -0.2) is 4.98 Å². The summed E-state index contributed by atoms with van der Waals surface area (Å²) in [5.74, 6) is 0. The van der Waals surface area contributed by atoms with Crippen molar-refractivity contribution < 1.29 is 0 Å². The van der Waals surface area contributed by atoms with Gasteiger partial charge in [0.2, 0.25) is 0 Å². The second-order valence-corrected chi connectivity index (χ2v) is 6.19. The summed E-state index contributed by atoms with van der Waals surface area (Å²) in [5.41, 5.74) is 2.80. The Morgan fingerprint density at radius 1 is 1.30 bits per heavy atom. The van der Waals surface area contributed by atoms with Gasteiger partial charge in [-0.2, -0.15) is 5.26 Å². The molecule has 102 valence electrons. The van der Waals surface area contributed by atoms with Gasteiger partial charge in [-0.1, -0.05) is 12.1 Å². The molecule has 0 saturated heterocycles. The Kier molecular flexibility index (Phi) is 5.30. The van der Waals surface area contributed by atoms with Gasteiger partial charge in [0.25, 0.3) is 0 Å². The number of pyridine rings is 1. The summed E-state index contributed by atoms with van der Waals surface area (Å²) in [6.45, 7) is 2.77. The molecule has 0 saturated carbocycles. The molecule has 0 aliphatic carbocycles. The van der Waals surface area contributed by atoms with E-state index in [0.717, 1.165) is 20.2 Å². The molecule has 1 N–H and O–H groups in total. The van der Waals surface area contributed by atoms with Crippen LogP contribution in [0.3, 0.4) is 0 Å². The van der Waals surface area contributed by atoms with E-state index in [1.54, 1.807) is 6.20 Å². The minimum Gasteiger partial charge on any atom is -0.305 e. The average Bonchev–Trinajstić information content (AvgIpc) is 2.46. The molecule has 1 atom stereocenters. The van der Waals surface area contributed by atoms with Crippen LogP contribution in [-0.2, 0) is 6.54 Å². The number of nitriles is 1. The molecule has 2 aromatic rings. The monoisotopic (exact) mass is 393 g/mol. The maximum Gasteiger partial charge on any atom is 0.0991 e. The first kappa shape index (κ1) is 15.2. The molecular formula is C15H13Br2N3. The summed E-state index contributed by atoms with van der Waals surface area (Å²) in [5, 5.41) is 12.2. The minimum absolute atomic E-state index is 0.195. The predicted molar refractivity (Wildman–Crippen MR) is 86.0 cm³/mol. The smallest absolute Gasteiger partial charge is 0.0991 e. The normalized spacial score (nSPS) is 11.9. The van der Waals surface area contributed by atoms with Crippen LogP contribution in [0.15, 0.2) is 45.5 Å². The second-order valence-electron chi connectivity index (χ2n) is 4.42. The van der Waals surface area contributed by atoms with Crippen molar-refractivity contribution >= 4 is 31.9 Å². The van der Waals surface area contributed by atoms with Gasteiger partial charge in [-0.3, -0.25) is 4.98 Å². The third-order valence-corrected chi connectivity index (χ3v) is 4.12. The van der Waals surface area contributed by atoms with E-state index in [2.05, 4.69) is 55.2 Å². The fraction of sp³-hybridized carbons (Fsp3) is 0.200. The van der Waals surface area contributed by atoms with Crippen molar-refractivity contribution in [2.75, 3.05) is 0 Å². The third kappa shape index (κ3) is 3.89. The Bertz CT molecular complexity index is 633. The predicted octanol–water partition coefficient (Wildman–Crippen LogP) is 4.33. The molecule has 2 rings (SSSR count). The zero-order valence-electron chi connectivity index (χ0n) is 10.9. The molecule has 5 heteroatoms. The van der Waals surface area contributed by atoms with Gasteiger partial charge in [0.15, 0.2) is 0 Å². The first-order chi connectivity index (χ1) is 9.60. The Hall–Kier alpha value is -1.22. The van der Waals surface area contributed by atoms with Gasteiger partial charge in [0.05, 0.1) is 17.3 Å². The SMILES string of the molecule is CC(NCc1ncc(Br)cc1Br)c1ccc(C#N)cc1. The van der Waals surface area contributed by atoms with Crippen LogP contribution >= 0.6 is 31.9 Å². The molecule has 0 spiro atoms. The molecule has 3 nitrogen and oxygen atoms in total. The van der Waals surface area contributed by atoms with Crippen molar-refractivity contribution in [1.82, 2.24) is 10.3 Å². The maximum atomic E-state index is 8.79. The molecule has 0 radical (unpaired) electrons. The van der Waals surface area contributed by atoms with Crippen molar-refractivity contribution in [2.24, 2.45) is 0 Å². The summed E-state index contributed by atoms with van der Waals surface area (Å²) in [7, 11) is 0. The summed E-state index contributed by atoms with van der Waals surface area (Å²) in [4.78, 5) is 4.37. The fourth-order valence-electron chi connectivity index (χ4n) is 1.79. The van der Waals surface area contributed by atoms with E-state index in [0.29, 0.717) is 12.1 Å². The van der Waals surface area contributed by atoms with Crippen molar-refractivity contribution in [1.29, 1.82) is 5.26 Å². The fourth-order valence-corrected chi connectivity index (χ4v) is 2.91. The molecule has 0 aliphatic heterocycles. The average molecular weight is 395 g/mol. The molecule has 0 amide bonds. The van der Waals surface area contributed by atoms with Crippen LogP contribution < -0.4 is 5.32 Å². The molecule has 0 bridgehead atoms. The minimum atomic E-state index is 0.195. The summed E-state index contributed by atoms with van der Waals surface area (Å²) in [6.07, 6.45) is 1.79. The molecule has 1 aromatic carbocycles. The first-order valence-electron chi connectivity index (χ1n) is 6.13. The van der Waals surface area contributed by atoms with Gasteiger partial charge >= 0.3 is 0 Å². The van der Waals surface area contributed by atoms with Crippen molar-refractivity contribution in [2.45, 2.75) is 19.5 Å². The number of rotatable bonds is 4. The van der Waals surface area contributed by atoms with Crippen LogP contribution in [0.2, 0.25) is 0 Å². The van der Waals surface area contributed by atoms with Gasteiger partial charge in [-0.15, -0.1) is 0 Å². The largest absolute Gasteiger partial charge is 0.305 e. The highest BCUT2D eigenvalue weighted by molar-refractivity contribution is 9.11. The topological polar surface area (TPSA) is 48.7 Å². The third-order valence-electron chi connectivity index (χ3n) is 3.00. The second kappa shape index (κ2) is 6.98. The molecule has 0 fully saturated rings. The Morgan fingerprint density at radius 3 is 2.60 bits per heavy atom. The number of hydrogen-bond donors (Lipinski definition) is 1. The van der Waals surface area contributed by atoms with Crippen LogP contribution in [0.1, 0.15) is 29.8 Å². The molecule has 20 heavy (non-hydrogen) atoms. The zero-order chi connectivity index (χ0) is 14.5. The zero-order valence-corrected chi connectivity index (χ0v) is 14.1. The van der Waals surface area contributed by atoms with Crippen LogP contribution in [0.5, 0.6) is 0 Å². The number of nitrogens with zero attached hydrogens (tertiary/aromatic N) is 2. The lowest BCUT2D eigenvalue weighted by Crippen LogP contribution is -2.19. The number of nitrogens with one attached hydrogen (secondary N) is 1. The van der Waals surface area contributed by atoms with Gasteiger partial charge in [0, 0.05) is 27.7 Å². The quantitative estimate of drug-likeness (QED) is 0.839. The maximum absolute atomic E-state index is 8.79. The van der Waals surface area contributed by atoms with Crippen LogP contribution in [0.25, 0.3) is 0 Å². The van der Waals surface area contributed by atoms with E-state index < -0.39 is 0 Å². The lowest BCUT2D eigenvalue weighted by atomic mass is 10.1. The van der Waals surface area contributed by atoms with E-state index in [4.69, 9.17) is 5.26 Å². The summed E-state index contributed by atoms with van der Waals surface area (Å²) in [6, 6.07) is 11.9. The molecule has 0 aliphatic rings. The summed E-state index contributed by atoms with van der Waals surface area (Å²) < 4.78 is 1.93. The van der Waals surface area contributed by atoms with E-state index in [1.807, 2.05) is 30.3 Å². The van der Waals surface area contributed by atoms with Gasteiger partial charge in [-0.25, -0.2) is 0 Å². The number of aromatic nitrogens is 1. The van der Waals surface area contributed by atoms with Crippen molar-refractivity contribution in [3.8, 4) is 6.07 Å². The lowest BCUT2D eigenvalue weighted by Gasteiger charge is -2.14. The molecular weight excluding hydrogens is 382 g/mol. The number of hydrogen-bond acceptors (Lipinski definition) is 3. The summed E-state index contributed by atoms with van der Waals surface area (Å²) >= 11 is 6.89. The highest BCUT2D eigenvalue weighted by atomic mass is 79.9. The van der Waals surface area contributed by atoms with Crippen molar-refractivity contribution in [3.05, 3.63) is 62.3 Å². The Balaban J connectivity index is 2.00.